The summed E-state index contributed by atoms with van der Waals surface area (Å²) in [5.74, 6) is 1.82. The van der Waals surface area contributed by atoms with Gasteiger partial charge < -0.3 is 5.73 Å². The Morgan fingerprint density at radius 2 is 1.71 bits per heavy atom. The summed E-state index contributed by atoms with van der Waals surface area (Å²) in [6.07, 6.45) is 12.8. The smallest absolute Gasteiger partial charge is 0.00462 e. The molecular weight excluding hydrogens is 170 g/mol. The summed E-state index contributed by atoms with van der Waals surface area (Å²) >= 11 is 0. The highest BCUT2D eigenvalue weighted by Gasteiger charge is 2.22. The van der Waals surface area contributed by atoms with Crippen molar-refractivity contribution >= 4 is 0 Å². The topological polar surface area (TPSA) is 26.0 Å². The monoisotopic (exact) mass is 197 g/mol. The highest BCUT2D eigenvalue weighted by atomic mass is 14.6. The fourth-order valence-electron chi connectivity index (χ4n) is 2.81. The molecule has 0 saturated heterocycles. The van der Waals surface area contributed by atoms with E-state index in [9.17, 15) is 0 Å². The van der Waals surface area contributed by atoms with Crippen molar-refractivity contribution in [1.29, 1.82) is 0 Å². The van der Waals surface area contributed by atoms with E-state index in [0.29, 0.717) is 0 Å². The molecule has 1 aliphatic carbocycles. The van der Waals surface area contributed by atoms with Gasteiger partial charge >= 0.3 is 0 Å². The van der Waals surface area contributed by atoms with Crippen LogP contribution in [0.3, 0.4) is 0 Å². The molecule has 2 atom stereocenters. The summed E-state index contributed by atoms with van der Waals surface area (Å²) in [4.78, 5) is 0. The molecule has 0 spiro atoms. The minimum absolute atomic E-state index is 0.852. The standard InChI is InChI=1S/C13H27N/c1-2-3-4-5-8-12-9-6-7-10-13(12)11-14/h12-13H,2-11,14H2,1H3. The van der Waals surface area contributed by atoms with Crippen LogP contribution in [0.25, 0.3) is 0 Å². The average Bonchev–Trinajstić information content (AvgIpc) is 2.25. The van der Waals surface area contributed by atoms with Gasteiger partial charge in [0.1, 0.15) is 0 Å². The van der Waals surface area contributed by atoms with Crippen molar-refractivity contribution in [2.45, 2.75) is 64.7 Å². The van der Waals surface area contributed by atoms with Crippen LogP contribution in [0, 0.1) is 11.8 Å². The van der Waals surface area contributed by atoms with Crippen molar-refractivity contribution in [3.8, 4) is 0 Å². The number of hydrogen-bond donors (Lipinski definition) is 1. The van der Waals surface area contributed by atoms with E-state index in [1.807, 2.05) is 0 Å². The largest absolute Gasteiger partial charge is 0.330 e. The third-order valence-electron chi connectivity index (χ3n) is 3.80. The maximum atomic E-state index is 5.82. The number of nitrogens with two attached hydrogens (primary N) is 1. The van der Waals surface area contributed by atoms with E-state index < -0.39 is 0 Å². The maximum absolute atomic E-state index is 5.82. The van der Waals surface area contributed by atoms with Crippen LogP contribution in [0.5, 0.6) is 0 Å². The second-order valence-corrected chi connectivity index (χ2v) is 4.89. The highest BCUT2D eigenvalue weighted by molar-refractivity contribution is 4.75. The highest BCUT2D eigenvalue weighted by Crippen LogP contribution is 2.32. The predicted octanol–water partition coefficient (Wildman–Crippen LogP) is 3.72. The fraction of sp³-hybridized carbons (Fsp3) is 1.00. The van der Waals surface area contributed by atoms with Crippen molar-refractivity contribution < 1.29 is 0 Å². The molecule has 0 aromatic carbocycles. The van der Waals surface area contributed by atoms with Gasteiger partial charge in [-0.15, -0.1) is 0 Å². The lowest BCUT2D eigenvalue weighted by atomic mass is 9.77. The molecule has 1 fully saturated rings. The van der Waals surface area contributed by atoms with Crippen LogP contribution in [-0.2, 0) is 0 Å². The van der Waals surface area contributed by atoms with Crippen molar-refractivity contribution in [3.05, 3.63) is 0 Å². The first-order valence-electron chi connectivity index (χ1n) is 6.58. The number of hydrogen-bond acceptors (Lipinski definition) is 1. The first-order valence-corrected chi connectivity index (χ1v) is 6.58. The molecule has 1 nitrogen and oxygen atoms in total. The number of rotatable bonds is 6. The summed E-state index contributed by atoms with van der Waals surface area (Å²) in [5, 5.41) is 0. The van der Waals surface area contributed by atoms with Gasteiger partial charge in [0.15, 0.2) is 0 Å². The van der Waals surface area contributed by atoms with Gasteiger partial charge in [-0.25, -0.2) is 0 Å². The average molecular weight is 197 g/mol. The SMILES string of the molecule is CCCCCCC1CCCCC1CN. The molecular formula is C13H27N. The molecule has 0 amide bonds. The first kappa shape index (κ1) is 12.0. The van der Waals surface area contributed by atoms with E-state index in [2.05, 4.69) is 6.92 Å². The van der Waals surface area contributed by atoms with E-state index in [4.69, 9.17) is 5.73 Å². The lowest BCUT2D eigenvalue weighted by molar-refractivity contribution is 0.224. The van der Waals surface area contributed by atoms with E-state index in [-0.39, 0.29) is 0 Å². The zero-order valence-corrected chi connectivity index (χ0v) is 9.80. The summed E-state index contributed by atoms with van der Waals surface area (Å²) in [6.45, 7) is 3.21. The van der Waals surface area contributed by atoms with Crippen LogP contribution >= 0.6 is 0 Å². The van der Waals surface area contributed by atoms with Crippen molar-refractivity contribution in [3.63, 3.8) is 0 Å². The molecule has 0 radical (unpaired) electrons. The molecule has 0 aromatic rings. The van der Waals surface area contributed by atoms with Gasteiger partial charge in [0.05, 0.1) is 0 Å². The predicted molar refractivity (Wildman–Crippen MR) is 63.3 cm³/mol. The fourth-order valence-corrected chi connectivity index (χ4v) is 2.81. The van der Waals surface area contributed by atoms with Crippen LogP contribution in [0.2, 0.25) is 0 Å². The zero-order valence-electron chi connectivity index (χ0n) is 9.80. The van der Waals surface area contributed by atoms with Gasteiger partial charge in [0.2, 0.25) is 0 Å². The molecule has 14 heavy (non-hydrogen) atoms. The maximum Gasteiger partial charge on any atom is -0.00462 e. The second kappa shape index (κ2) is 7.28. The van der Waals surface area contributed by atoms with E-state index in [1.54, 1.807) is 0 Å². The quantitative estimate of drug-likeness (QED) is 0.645. The summed E-state index contributed by atoms with van der Waals surface area (Å²) in [5.41, 5.74) is 5.82. The van der Waals surface area contributed by atoms with Crippen LogP contribution in [-0.4, -0.2) is 6.54 Å². The minimum Gasteiger partial charge on any atom is -0.330 e. The molecule has 2 N–H and O–H groups in total. The van der Waals surface area contributed by atoms with Crippen molar-refractivity contribution in [2.24, 2.45) is 17.6 Å². The lowest BCUT2D eigenvalue weighted by Crippen LogP contribution is -2.26. The molecule has 1 rings (SSSR count). The molecule has 0 heterocycles. The molecule has 0 aliphatic heterocycles. The number of unbranched alkanes of at least 4 members (excludes halogenated alkanes) is 3. The first-order chi connectivity index (χ1) is 6.88. The van der Waals surface area contributed by atoms with Crippen molar-refractivity contribution in [2.75, 3.05) is 6.54 Å². The minimum atomic E-state index is 0.852. The Morgan fingerprint density at radius 1 is 1.00 bits per heavy atom. The molecule has 2 unspecified atom stereocenters. The zero-order chi connectivity index (χ0) is 10.2. The van der Waals surface area contributed by atoms with E-state index in [1.165, 1.54) is 57.8 Å². The second-order valence-electron chi connectivity index (χ2n) is 4.89. The Hall–Kier alpha value is -0.0400. The van der Waals surface area contributed by atoms with Crippen molar-refractivity contribution in [1.82, 2.24) is 0 Å². The van der Waals surface area contributed by atoms with Gasteiger partial charge in [-0.3, -0.25) is 0 Å². The lowest BCUT2D eigenvalue weighted by Gasteiger charge is -2.30. The van der Waals surface area contributed by atoms with Gasteiger partial charge in [-0.05, 0) is 24.8 Å². The molecule has 1 heteroatoms. The summed E-state index contributed by atoms with van der Waals surface area (Å²) in [6, 6.07) is 0. The Bertz CT molecular complexity index is 133. The van der Waals surface area contributed by atoms with Gasteiger partial charge in [-0.1, -0.05) is 58.3 Å². The van der Waals surface area contributed by atoms with Gasteiger partial charge in [0.25, 0.3) is 0 Å². The Morgan fingerprint density at radius 3 is 2.36 bits per heavy atom. The third kappa shape index (κ3) is 4.00. The van der Waals surface area contributed by atoms with Gasteiger partial charge in [0, 0.05) is 0 Å². The molecule has 1 saturated carbocycles. The van der Waals surface area contributed by atoms with E-state index in [0.717, 1.165) is 18.4 Å². The molecule has 84 valence electrons. The molecule has 1 aliphatic rings. The summed E-state index contributed by atoms with van der Waals surface area (Å²) in [7, 11) is 0. The normalized spacial score (nSPS) is 27.9. The Balaban J connectivity index is 2.13. The van der Waals surface area contributed by atoms with Crippen LogP contribution in [0.4, 0.5) is 0 Å². The van der Waals surface area contributed by atoms with Gasteiger partial charge in [-0.2, -0.15) is 0 Å². The Labute approximate surface area is 89.5 Å². The Kier molecular flexibility index (Phi) is 6.25. The van der Waals surface area contributed by atoms with Crippen LogP contribution < -0.4 is 5.73 Å². The van der Waals surface area contributed by atoms with Crippen LogP contribution in [0.15, 0.2) is 0 Å². The third-order valence-corrected chi connectivity index (χ3v) is 3.80. The molecule has 0 bridgehead atoms. The van der Waals surface area contributed by atoms with Crippen LogP contribution in [0.1, 0.15) is 64.7 Å². The molecule has 0 aromatic heterocycles. The summed E-state index contributed by atoms with van der Waals surface area (Å²) < 4.78 is 0. The van der Waals surface area contributed by atoms with E-state index >= 15 is 0 Å².